The van der Waals surface area contributed by atoms with E-state index in [1.165, 1.54) is 12.1 Å². The Morgan fingerprint density at radius 2 is 2.00 bits per heavy atom. The molecule has 5 heteroatoms. The number of fused-ring (bicyclic) bond motifs is 1. The molecular weight excluding hydrogens is 269 g/mol. The van der Waals surface area contributed by atoms with Crippen molar-refractivity contribution in [1.82, 2.24) is 0 Å². The van der Waals surface area contributed by atoms with E-state index in [1.807, 2.05) is 19.1 Å². The van der Waals surface area contributed by atoms with Crippen molar-refractivity contribution < 1.29 is 9.13 Å². The number of nitrogens with zero attached hydrogens (tertiary/aromatic N) is 1. The molecule has 1 aliphatic rings. The first kappa shape index (κ1) is 13.4. The molecule has 1 aliphatic heterocycles. The van der Waals surface area contributed by atoms with E-state index < -0.39 is 0 Å². The highest BCUT2D eigenvalue weighted by atomic mass is 19.1. The van der Waals surface area contributed by atoms with Gasteiger partial charge < -0.3 is 15.8 Å². The molecule has 1 atom stereocenters. The second-order valence-corrected chi connectivity index (χ2v) is 4.97. The van der Waals surface area contributed by atoms with E-state index >= 15 is 0 Å². The molecule has 0 radical (unpaired) electrons. The van der Waals surface area contributed by atoms with Gasteiger partial charge in [0.2, 0.25) is 0 Å². The van der Waals surface area contributed by atoms with Crippen LogP contribution in [0.5, 0.6) is 5.75 Å². The van der Waals surface area contributed by atoms with E-state index in [-0.39, 0.29) is 11.9 Å². The van der Waals surface area contributed by atoms with Gasteiger partial charge in [-0.05, 0) is 36.8 Å². The maximum absolute atomic E-state index is 12.9. The summed E-state index contributed by atoms with van der Waals surface area (Å²) >= 11 is 0. The number of halogens is 1. The van der Waals surface area contributed by atoms with Crippen LogP contribution in [0, 0.1) is 5.82 Å². The first-order chi connectivity index (χ1) is 10.1. The highest BCUT2D eigenvalue weighted by Crippen LogP contribution is 2.31. The summed E-state index contributed by atoms with van der Waals surface area (Å²) in [6, 6.07) is 11.8. The molecular formula is C16H16FN3O. The number of rotatable bonds is 2. The van der Waals surface area contributed by atoms with Crippen LogP contribution in [0.3, 0.4) is 0 Å². The van der Waals surface area contributed by atoms with Crippen LogP contribution in [0.15, 0.2) is 47.5 Å². The first-order valence-electron chi connectivity index (χ1n) is 6.74. The Balaban J connectivity index is 1.78. The zero-order chi connectivity index (χ0) is 14.8. The molecule has 0 fully saturated rings. The van der Waals surface area contributed by atoms with Crippen molar-refractivity contribution in [2.45, 2.75) is 19.6 Å². The smallest absolute Gasteiger partial charge is 0.153 e. The van der Waals surface area contributed by atoms with Crippen LogP contribution in [0.2, 0.25) is 0 Å². The van der Waals surface area contributed by atoms with Crippen molar-refractivity contribution in [3.8, 4) is 5.75 Å². The number of amidine groups is 1. The van der Waals surface area contributed by atoms with Gasteiger partial charge in [0.15, 0.2) is 6.10 Å². The van der Waals surface area contributed by atoms with Crippen LogP contribution in [0.25, 0.3) is 0 Å². The van der Waals surface area contributed by atoms with Crippen LogP contribution < -0.4 is 15.8 Å². The van der Waals surface area contributed by atoms with Gasteiger partial charge in [0, 0.05) is 11.8 Å². The zero-order valence-electron chi connectivity index (χ0n) is 11.6. The van der Waals surface area contributed by atoms with Crippen LogP contribution in [-0.2, 0) is 6.54 Å². The highest BCUT2D eigenvalue weighted by Gasteiger charge is 2.21. The van der Waals surface area contributed by atoms with E-state index in [1.54, 1.807) is 18.2 Å². The Bertz CT molecular complexity index is 682. The van der Waals surface area contributed by atoms with Gasteiger partial charge in [-0.3, -0.25) is 4.99 Å². The molecule has 2 aromatic rings. The van der Waals surface area contributed by atoms with Crippen molar-refractivity contribution in [2.24, 2.45) is 4.99 Å². The van der Waals surface area contributed by atoms with E-state index in [4.69, 9.17) is 10.5 Å². The lowest BCUT2D eigenvalue weighted by atomic mass is 10.2. The van der Waals surface area contributed by atoms with Gasteiger partial charge >= 0.3 is 0 Å². The number of hydrogen-bond donors (Lipinski definition) is 2. The number of aliphatic imine (C=N–C) groups is 1. The molecule has 21 heavy (non-hydrogen) atoms. The van der Waals surface area contributed by atoms with E-state index in [2.05, 4.69) is 10.3 Å². The summed E-state index contributed by atoms with van der Waals surface area (Å²) in [5, 5.41) is 3.25. The fraction of sp³-hybridized carbons (Fsp3) is 0.188. The molecule has 2 aromatic carbocycles. The van der Waals surface area contributed by atoms with Gasteiger partial charge in [0.25, 0.3) is 0 Å². The van der Waals surface area contributed by atoms with Crippen molar-refractivity contribution in [3.05, 3.63) is 53.8 Å². The predicted octanol–water partition coefficient (Wildman–Crippen LogP) is 3.20. The second-order valence-electron chi connectivity index (χ2n) is 4.97. The molecule has 0 amide bonds. The molecule has 3 N–H and O–H groups in total. The number of nitrogen functional groups attached to an aromatic ring is 1. The summed E-state index contributed by atoms with van der Waals surface area (Å²) in [6.45, 7) is 2.39. The van der Waals surface area contributed by atoms with Crippen molar-refractivity contribution >= 4 is 17.2 Å². The number of benzene rings is 2. The third kappa shape index (κ3) is 2.97. The molecule has 1 unspecified atom stereocenters. The third-order valence-corrected chi connectivity index (χ3v) is 3.30. The monoisotopic (exact) mass is 285 g/mol. The third-order valence-electron chi connectivity index (χ3n) is 3.30. The summed E-state index contributed by atoms with van der Waals surface area (Å²) in [6.07, 6.45) is -0.181. The van der Waals surface area contributed by atoms with Crippen molar-refractivity contribution in [3.63, 3.8) is 0 Å². The molecule has 4 nitrogen and oxygen atoms in total. The van der Waals surface area contributed by atoms with Gasteiger partial charge in [-0.1, -0.05) is 12.1 Å². The predicted molar refractivity (Wildman–Crippen MR) is 82.1 cm³/mol. The fourth-order valence-electron chi connectivity index (χ4n) is 2.16. The summed E-state index contributed by atoms with van der Waals surface area (Å²) in [7, 11) is 0. The minimum absolute atomic E-state index is 0.181. The fourth-order valence-corrected chi connectivity index (χ4v) is 2.16. The maximum atomic E-state index is 12.9. The lowest BCUT2D eigenvalue weighted by Gasteiger charge is -2.26. The molecule has 0 saturated heterocycles. The van der Waals surface area contributed by atoms with E-state index in [0.29, 0.717) is 12.2 Å². The molecule has 108 valence electrons. The Kier molecular flexibility index (Phi) is 3.48. The largest absolute Gasteiger partial charge is 0.481 e. The highest BCUT2D eigenvalue weighted by molar-refractivity contribution is 6.01. The summed E-state index contributed by atoms with van der Waals surface area (Å²) in [5.41, 5.74) is 8.19. The average Bonchev–Trinajstić information content (AvgIpc) is 2.47. The second kappa shape index (κ2) is 5.44. The van der Waals surface area contributed by atoms with Gasteiger partial charge in [0.05, 0.1) is 12.2 Å². The molecule has 0 saturated carbocycles. The lowest BCUT2D eigenvalue weighted by molar-refractivity contribution is 0.282. The van der Waals surface area contributed by atoms with Crippen LogP contribution in [-0.4, -0.2) is 11.9 Å². The van der Waals surface area contributed by atoms with Gasteiger partial charge in [-0.25, -0.2) is 4.39 Å². The summed E-state index contributed by atoms with van der Waals surface area (Å²) in [5.74, 6) is 1.23. The molecule has 0 bridgehead atoms. The number of hydrogen-bond acceptors (Lipinski definition) is 3. The number of anilines is 2. The van der Waals surface area contributed by atoms with Crippen LogP contribution in [0.4, 0.5) is 15.8 Å². The minimum Gasteiger partial charge on any atom is -0.481 e. The van der Waals surface area contributed by atoms with Gasteiger partial charge in [-0.2, -0.15) is 0 Å². The van der Waals surface area contributed by atoms with Crippen molar-refractivity contribution in [2.75, 3.05) is 11.1 Å². The minimum atomic E-state index is -0.245. The number of nitrogens with two attached hydrogens (primary N) is 1. The molecule has 0 aromatic heterocycles. The zero-order valence-corrected chi connectivity index (χ0v) is 11.6. The molecule has 1 heterocycles. The Morgan fingerprint density at radius 3 is 2.76 bits per heavy atom. The quantitative estimate of drug-likeness (QED) is 0.833. The molecule has 0 aliphatic carbocycles. The SMILES string of the molecule is CC1Oc2cc(N)ccc2NC1=NCc1ccc(F)cc1. The first-order valence-corrected chi connectivity index (χ1v) is 6.74. The number of ether oxygens (including phenoxy) is 1. The van der Waals surface area contributed by atoms with Gasteiger partial charge in [-0.15, -0.1) is 0 Å². The molecule has 3 rings (SSSR count). The topological polar surface area (TPSA) is 59.6 Å². The van der Waals surface area contributed by atoms with Gasteiger partial charge in [0.1, 0.15) is 17.4 Å². The Hall–Kier alpha value is -2.56. The van der Waals surface area contributed by atoms with Crippen LogP contribution >= 0.6 is 0 Å². The average molecular weight is 285 g/mol. The van der Waals surface area contributed by atoms with Crippen molar-refractivity contribution in [1.29, 1.82) is 0 Å². The standard InChI is InChI=1S/C16H16FN3O/c1-10-16(19-9-11-2-4-12(17)5-3-11)20-14-7-6-13(18)8-15(14)21-10/h2-8,10H,9,18H2,1H3,(H,19,20). The van der Waals surface area contributed by atoms with Crippen LogP contribution in [0.1, 0.15) is 12.5 Å². The Morgan fingerprint density at radius 1 is 1.24 bits per heavy atom. The maximum Gasteiger partial charge on any atom is 0.153 e. The Labute approximate surface area is 122 Å². The number of nitrogens with one attached hydrogen (secondary N) is 1. The van der Waals surface area contributed by atoms with E-state index in [9.17, 15) is 4.39 Å². The molecule has 0 spiro atoms. The normalized spacial score (nSPS) is 18.8. The lowest BCUT2D eigenvalue weighted by Crippen LogP contribution is -2.34. The summed E-state index contributed by atoms with van der Waals surface area (Å²) < 4.78 is 18.7. The van der Waals surface area contributed by atoms with E-state index in [0.717, 1.165) is 22.8 Å². The summed E-state index contributed by atoms with van der Waals surface area (Å²) in [4.78, 5) is 4.51.